The van der Waals surface area contributed by atoms with E-state index in [0.717, 1.165) is 12.8 Å². The maximum atomic E-state index is 12.1. The van der Waals surface area contributed by atoms with Crippen LogP contribution in [0.4, 0.5) is 4.79 Å². The molecule has 0 bridgehead atoms. The van der Waals surface area contributed by atoms with Gasteiger partial charge >= 0.3 is 12.1 Å². The Morgan fingerprint density at radius 1 is 1.35 bits per heavy atom. The average molecular weight is 283 g/mol. The summed E-state index contributed by atoms with van der Waals surface area (Å²) in [4.78, 5) is 24.7. The second-order valence-corrected chi connectivity index (χ2v) is 6.20. The molecule has 0 saturated carbocycles. The number of amides is 1. The van der Waals surface area contributed by atoms with E-state index in [4.69, 9.17) is 4.74 Å². The summed E-state index contributed by atoms with van der Waals surface area (Å²) in [6.45, 7) is 7.83. The van der Waals surface area contributed by atoms with E-state index in [1.54, 1.807) is 20.8 Å². The quantitative estimate of drug-likeness (QED) is 0.805. The molecule has 0 aliphatic carbocycles. The number of likely N-dealkylation sites (tertiary alicyclic amines) is 1. The average Bonchev–Trinajstić information content (AvgIpc) is 2.71. The first-order valence-corrected chi connectivity index (χ1v) is 7.12. The van der Waals surface area contributed by atoms with Crippen LogP contribution in [-0.4, -0.2) is 40.3 Å². The molecule has 0 aromatic carbocycles. The lowest BCUT2D eigenvalue weighted by Gasteiger charge is -2.26. The highest BCUT2D eigenvalue weighted by atomic mass is 16.6. The van der Waals surface area contributed by atoms with Gasteiger partial charge in [0.2, 0.25) is 0 Å². The Labute approximate surface area is 120 Å². The molecule has 0 aromatic rings. The molecule has 0 aromatic heterocycles. The maximum absolute atomic E-state index is 12.1. The van der Waals surface area contributed by atoms with Gasteiger partial charge in [-0.25, -0.2) is 9.59 Å². The SMILES string of the molecule is CC/C=C/C[C@@H]1C[C@@H](C(=O)O)N(C(=O)OC(C)(C)C)C1. The van der Waals surface area contributed by atoms with Crippen LogP contribution in [-0.2, 0) is 9.53 Å². The Hall–Kier alpha value is -1.52. The first-order chi connectivity index (χ1) is 9.24. The molecule has 0 radical (unpaired) electrons. The van der Waals surface area contributed by atoms with Crippen LogP contribution >= 0.6 is 0 Å². The molecule has 1 aliphatic heterocycles. The Morgan fingerprint density at radius 2 is 2.00 bits per heavy atom. The molecular weight excluding hydrogens is 258 g/mol. The summed E-state index contributed by atoms with van der Waals surface area (Å²) in [6, 6.07) is -0.773. The summed E-state index contributed by atoms with van der Waals surface area (Å²) in [6.07, 6.45) is 5.84. The van der Waals surface area contributed by atoms with Crippen molar-refractivity contribution in [3.8, 4) is 0 Å². The van der Waals surface area contributed by atoms with Gasteiger partial charge in [0.25, 0.3) is 0 Å². The van der Waals surface area contributed by atoms with Crippen LogP contribution in [0.1, 0.15) is 47.0 Å². The summed E-state index contributed by atoms with van der Waals surface area (Å²) in [5, 5.41) is 9.25. The molecule has 1 rings (SSSR count). The molecule has 1 amide bonds. The van der Waals surface area contributed by atoms with Gasteiger partial charge in [-0.05, 0) is 46.0 Å². The zero-order valence-electron chi connectivity index (χ0n) is 12.8. The van der Waals surface area contributed by atoms with Gasteiger partial charge in [-0.1, -0.05) is 19.1 Å². The van der Waals surface area contributed by atoms with Crippen molar-refractivity contribution in [3.05, 3.63) is 12.2 Å². The van der Waals surface area contributed by atoms with Gasteiger partial charge in [-0.15, -0.1) is 0 Å². The number of carbonyl (C=O) groups excluding carboxylic acids is 1. The van der Waals surface area contributed by atoms with Gasteiger partial charge < -0.3 is 9.84 Å². The van der Waals surface area contributed by atoms with E-state index in [9.17, 15) is 14.7 Å². The molecular formula is C15H25NO4. The van der Waals surface area contributed by atoms with Crippen LogP contribution in [0, 0.1) is 5.92 Å². The molecule has 2 atom stereocenters. The van der Waals surface area contributed by atoms with Crippen molar-refractivity contribution in [1.82, 2.24) is 4.90 Å². The number of nitrogens with zero attached hydrogens (tertiary/aromatic N) is 1. The minimum absolute atomic E-state index is 0.186. The van der Waals surface area contributed by atoms with E-state index >= 15 is 0 Å². The largest absolute Gasteiger partial charge is 0.480 e. The summed E-state index contributed by atoms with van der Waals surface area (Å²) >= 11 is 0. The number of rotatable bonds is 4. The summed E-state index contributed by atoms with van der Waals surface area (Å²) in [5.74, 6) is -0.774. The smallest absolute Gasteiger partial charge is 0.411 e. The van der Waals surface area contributed by atoms with Gasteiger partial charge in [0, 0.05) is 6.54 Å². The number of ether oxygens (including phenoxy) is 1. The van der Waals surface area contributed by atoms with Crippen molar-refractivity contribution < 1.29 is 19.4 Å². The minimum Gasteiger partial charge on any atom is -0.480 e. The molecule has 114 valence electrons. The van der Waals surface area contributed by atoms with Crippen LogP contribution in [0.5, 0.6) is 0 Å². The number of aliphatic carboxylic acids is 1. The molecule has 20 heavy (non-hydrogen) atoms. The van der Waals surface area contributed by atoms with Gasteiger partial charge in [-0.2, -0.15) is 0 Å². The van der Waals surface area contributed by atoms with E-state index < -0.39 is 23.7 Å². The van der Waals surface area contributed by atoms with Gasteiger partial charge in [0.15, 0.2) is 0 Å². The lowest BCUT2D eigenvalue weighted by atomic mass is 10.0. The maximum Gasteiger partial charge on any atom is 0.411 e. The Kier molecular flexibility index (Phi) is 5.60. The van der Waals surface area contributed by atoms with E-state index in [1.165, 1.54) is 4.90 Å². The minimum atomic E-state index is -0.960. The summed E-state index contributed by atoms with van der Waals surface area (Å²) < 4.78 is 5.28. The lowest BCUT2D eigenvalue weighted by molar-refractivity contribution is -0.142. The molecule has 5 heteroatoms. The Balaban J connectivity index is 2.70. The number of hydrogen-bond acceptors (Lipinski definition) is 3. The predicted octanol–water partition coefficient (Wildman–Crippen LogP) is 3.05. The highest BCUT2D eigenvalue weighted by Crippen LogP contribution is 2.28. The normalized spacial score (nSPS) is 23.3. The zero-order valence-corrected chi connectivity index (χ0v) is 12.8. The number of allylic oxidation sites excluding steroid dienone is 2. The molecule has 0 spiro atoms. The van der Waals surface area contributed by atoms with Crippen molar-refractivity contribution in [2.75, 3.05) is 6.54 Å². The van der Waals surface area contributed by atoms with Crippen molar-refractivity contribution >= 4 is 12.1 Å². The standard InChI is InChI=1S/C15H25NO4/c1-5-6-7-8-11-9-12(13(17)18)16(10-11)14(19)20-15(2,3)4/h6-7,11-12H,5,8-10H2,1-4H3,(H,17,18)/b7-6+/t11-,12+/m1/s1. The van der Waals surface area contributed by atoms with E-state index in [-0.39, 0.29) is 5.92 Å². The third kappa shape index (κ3) is 4.87. The molecule has 1 fully saturated rings. The first-order valence-electron chi connectivity index (χ1n) is 7.12. The van der Waals surface area contributed by atoms with Crippen LogP contribution in [0.15, 0.2) is 12.2 Å². The van der Waals surface area contributed by atoms with E-state index in [1.807, 2.05) is 0 Å². The molecule has 5 nitrogen and oxygen atoms in total. The predicted molar refractivity (Wildman–Crippen MR) is 76.5 cm³/mol. The highest BCUT2D eigenvalue weighted by Gasteiger charge is 2.40. The van der Waals surface area contributed by atoms with Crippen molar-refractivity contribution in [2.45, 2.75) is 58.6 Å². The zero-order chi connectivity index (χ0) is 15.3. The number of carboxylic acid groups (broad SMARTS) is 1. The van der Waals surface area contributed by atoms with Gasteiger partial charge in [-0.3, -0.25) is 4.90 Å². The van der Waals surface area contributed by atoms with Gasteiger partial charge in [0.1, 0.15) is 11.6 Å². The van der Waals surface area contributed by atoms with Crippen LogP contribution in [0.2, 0.25) is 0 Å². The molecule has 1 saturated heterocycles. The molecule has 0 unspecified atom stereocenters. The topological polar surface area (TPSA) is 66.8 Å². The fourth-order valence-corrected chi connectivity index (χ4v) is 2.31. The third-order valence-electron chi connectivity index (χ3n) is 3.17. The fraction of sp³-hybridized carbons (Fsp3) is 0.733. The Bertz CT molecular complexity index is 384. The number of hydrogen-bond donors (Lipinski definition) is 1. The second kappa shape index (κ2) is 6.77. The lowest BCUT2D eigenvalue weighted by Crippen LogP contribution is -2.43. The Morgan fingerprint density at radius 3 is 2.50 bits per heavy atom. The number of carbonyl (C=O) groups is 2. The van der Waals surface area contributed by atoms with Crippen molar-refractivity contribution in [1.29, 1.82) is 0 Å². The molecule has 1 heterocycles. The number of carboxylic acids is 1. The third-order valence-corrected chi connectivity index (χ3v) is 3.17. The highest BCUT2D eigenvalue weighted by molar-refractivity contribution is 5.81. The van der Waals surface area contributed by atoms with E-state index in [0.29, 0.717) is 13.0 Å². The van der Waals surface area contributed by atoms with Crippen molar-refractivity contribution in [2.24, 2.45) is 5.92 Å². The monoisotopic (exact) mass is 283 g/mol. The van der Waals surface area contributed by atoms with Crippen LogP contribution in [0.25, 0.3) is 0 Å². The van der Waals surface area contributed by atoms with Crippen LogP contribution in [0.3, 0.4) is 0 Å². The van der Waals surface area contributed by atoms with Crippen molar-refractivity contribution in [3.63, 3.8) is 0 Å². The second-order valence-electron chi connectivity index (χ2n) is 6.20. The molecule has 1 aliphatic rings. The molecule has 1 N–H and O–H groups in total. The van der Waals surface area contributed by atoms with Gasteiger partial charge in [0.05, 0.1) is 0 Å². The first kappa shape index (κ1) is 16.5. The van der Waals surface area contributed by atoms with E-state index in [2.05, 4.69) is 19.1 Å². The van der Waals surface area contributed by atoms with Crippen LogP contribution < -0.4 is 0 Å². The summed E-state index contributed by atoms with van der Waals surface area (Å²) in [7, 11) is 0. The summed E-state index contributed by atoms with van der Waals surface area (Å²) in [5.41, 5.74) is -0.611. The fourth-order valence-electron chi connectivity index (χ4n) is 2.31.